The maximum Gasteiger partial charge on any atom is 0.191 e. The highest BCUT2D eigenvalue weighted by Crippen LogP contribution is 2.29. The summed E-state index contributed by atoms with van der Waals surface area (Å²) in [5.41, 5.74) is 3.03. The number of Topliss-reactive ketones (excluding diaryl/α,β-unsaturated/α-hetero) is 1. The van der Waals surface area contributed by atoms with Crippen LogP contribution < -0.4 is 0 Å². The molecule has 0 spiro atoms. The average Bonchev–Trinajstić information content (AvgIpc) is 3.01. The molecular weight excluding hydrogens is 390 g/mol. The van der Waals surface area contributed by atoms with Gasteiger partial charge in [0.05, 0.1) is 5.25 Å². The Morgan fingerprint density at radius 1 is 1.04 bits per heavy atom. The normalized spacial score (nSPS) is 12.8. The first kappa shape index (κ1) is 20.6. The second-order valence-corrected chi connectivity index (χ2v) is 9.57. The van der Waals surface area contributed by atoms with Crippen molar-refractivity contribution in [2.24, 2.45) is 7.05 Å². The molecule has 0 N–H and O–H groups in total. The Kier molecular flexibility index (Phi) is 5.96. The van der Waals surface area contributed by atoms with E-state index < -0.39 is 0 Å². The molecule has 1 atom stereocenters. The Morgan fingerprint density at radius 2 is 1.64 bits per heavy atom. The van der Waals surface area contributed by atoms with Crippen LogP contribution in [0.25, 0.3) is 11.4 Å². The van der Waals surface area contributed by atoms with Gasteiger partial charge >= 0.3 is 0 Å². The molecule has 6 heteroatoms. The molecule has 0 unspecified atom stereocenters. The number of carbonyl (C=O) groups is 1. The lowest BCUT2D eigenvalue weighted by Gasteiger charge is -2.19. The van der Waals surface area contributed by atoms with E-state index in [1.807, 2.05) is 18.5 Å². The Hall–Kier alpha value is -2.11. The molecule has 1 heterocycles. The molecule has 0 radical (unpaired) electrons. The van der Waals surface area contributed by atoms with E-state index in [2.05, 4.69) is 55.2 Å². The first-order chi connectivity index (χ1) is 13.2. The molecule has 0 aliphatic rings. The van der Waals surface area contributed by atoms with Crippen LogP contribution in [0.15, 0.2) is 53.7 Å². The minimum Gasteiger partial charge on any atom is -0.305 e. The number of rotatable bonds is 5. The lowest BCUT2D eigenvalue weighted by atomic mass is 9.87. The highest BCUT2D eigenvalue weighted by molar-refractivity contribution is 8.00. The lowest BCUT2D eigenvalue weighted by Crippen LogP contribution is -2.14. The Bertz CT molecular complexity index is 973. The van der Waals surface area contributed by atoms with Crippen molar-refractivity contribution in [3.8, 4) is 11.4 Å². The fourth-order valence-electron chi connectivity index (χ4n) is 2.85. The smallest absolute Gasteiger partial charge is 0.191 e. The standard InChI is InChI=1S/C22H24ClN3OS/c1-14(19(27)15-8-12-18(23)13-9-15)28-21-25-24-20(26(21)5)16-6-10-17(11-7-16)22(2,3)4/h6-14H,1-5H3/t14-/m1/s1. The molecule has 3 aromatic rings. The monoisotopic (exact) mass is 413 g/mol. The quantitative estimate of drug-likeness (QED) is 0.392. The summed E-state index contributed by atoms with van der Waals surface area (Å²) in [4.78, 5) is 12.7. The van der Waals surface area contributed by atoms with Gasteiger partial charge in [-0.15, -0.1) is 10.2 Å². The second-order valence-electron chi connectivity index (χ2n) is 7.82. The van der Waals surface area contributed by atoms with Crippen molar-refractivity contribution < 1.29 is 4.79 Å². The predicted molar refractivity (Wildman–Crippen MR) is 116 cm³/mol. The van der Waals surface area contributed by atoms with Gasteiger partial charge in [0.2, 0.25) is 0 Å². The number of benzene rings is 2. The van der Waals surface area contributed by atoms with Crippen molar-refractivity contribution in [3.63, 3.8) is 0 Å². The van der Waals surface area contributed by atoms with Crippen molar-refractivity contribution in [1.82, 2.24) is 14.8 Å². The number of hydrogen-bond donors (Lipinski definition) is 0. The van der Waals surface area contributed by atoms with Gasteiger partial charge in [0.1, 0.15) is 0 Å². The number of halogens is 1. The zero-order valence-corrected chi connectivity index (χ0v) is 18.3. The summed E-state index contributed by atoms with van der Waals surface area (Å²) in [6.07, 6.45) is 0. The van der Waals surface area contributed by atoms with Gasteiger partial charge < -0.3 is 4.57 Å². The molecule has 0 aliphatic heterocycles. The number of carbonyl (C=O) groups excluding carboxylic acids is 1. The lowest BCUT2D eigenvalue weighted by molar-refractivity contribution is 0.0994. The molecule has 3 rings (SSSR count). The summed E-state index contributed by atoms with van der Waals surface area (Å²) in [6.45, 7) is 8.46. The Labute approximate surface area is 175 Å². The van der Waals surface area contributed by atoms with Crippen LogP contribution in [0.3, 0.4) is 0 Å². The molecule has 0 bridgehead atoms. The van der Waals surface area contributed by atoms with Crippen LogP contribution in [-0.4, -0.2) is 25.8 Å². The van der Waals surface area contributed by atoms with Crippen LogP contribution in [-0.2, 0) is 12.5 Å². The molecule has 0 aliphatic carbocycles. The molecule has 1 aromatic heterocycles. The van der Waals surface area contributed by atoms with E-state index in [1.54, 1.807) is 24.3 Å². The van der Waals surface area contributed by atoms with Crippen molar-refractivity contribution >= 4 is 29.1 Å². The van der Waals surface area contributed by atoms with E-state index in [0.717, 1.165) is 11.4 Å². The molecule has 0 fully saturated rings. The van der Waals surface area contributed by atoms with Crippen LogP contribution in [0.1, 0.15) is 43.6 Å². The third-order valence-electron chi connectivity index (χ3n) is 4.62. The highest BCUT2D eigenvalue weighted by atomic mass is 35.5. The predicted octanol–water partition coefficient (Wildman–Crippen LogP) is 5.80. The number of aromatic nitrogens is 3. The summed E-state index contributed by atoms with van der Waals surface area (Å²) in [5.74, 6) is 0.829. The Balaban J connectivity index is 1.77. The van der Waals surface area contributed by atoms with Gasteiger partial charge in [0.25, 0.3) is 0 Å². The first-order valence-corrected chi connectivity index (χ1v) is 10.4. The summed E-state index contributed by atoms with van der Waals surface area (Å²) < 4.78 is 1.93. The van der Waals surface area contributed by atoms with Crippen LogP contribution in [0, 0.1) is 0 Å². The van der Waals surface area contributed by atoms with Gasteiger partial charge in [-0.2, -0.15) is 0 Å². The zero-order chi connectivity index (χ0) is 20.5. The zero-order valence-electron chi connectivity index (χ0n) is 16.7. The molecule has 28 heavy (non-hydrogen) atoms. The fraction of sp³-hybridized carbons (Fsp3) is 0.318. The van der Waals surface area contributed by atoms with Crippen molar-refractivity contribution in [3.05, 3.63) is 64.7 Å². The third-order valence-corrected chi connectivity index (χ3v) is 6.01. The summed E-state index contributed by atoms with van der Waals surface area (Å²) in [7, 11) is 1.93. The summed E-state index contributed by atoms with van der Waals surface area (Å²) in [5, 5.41) is 9.69. The van der Waals surface area contributed by atoms with E-state index in [4.69, 9.17) is 11.6 Å². The highest BCUT2D eigenvalue weighted by Gasteiger charge is 2.21. The summed E-state index contributed by atoms with van der Waals surface area (Å²) in [6, 6.07) is 15.4. The summed E-state index contributed by atoms with van der Waals surface area (Å²) >= 11 is 7.31. The number of ketones is 1. The van der Waals surface area contributed by atoms with Gasteiger partial charge in [0, 0.05) is 23.2 Å². The van der Waals surface area contributed by atoms with Gasteiger partial charge in [-0.1, -0.05) is 68.4 Å². The van der Waals surface area contributed by atoms with Gasteiger partial charge in [-0.25, -0.2) is 0 Å². The fourth-order valence-corrected chi connectivity index (χ4v) is 3.87. The van der Waals surface area contributed by atoms with Gasteiger partial charge in [-0.3, -0.25) is 4.79 Å². The maximum atomic E-state index is 12.7. The number of hydrogen-bond acceptors (Lipinski definition) is 4. The number of thioether (sulfide) groups is 1. The van der Waals surface area contributed by atoms with E-state index in [-0.39, 0.29) is 16.4 Å². The second kappa shape index (κ2) is 8.10. The van der Waals surface area contributed by atoms with Gasteiger partial charge in [-0.05, 0) is 42.2 Å². The minimum absolute atomic E-state index is 0.0424. The van der Waals surface area contributed by atoms with Crippen LogP contribution in [0.2, 0.25) is 5.02 Å². The topological polar surface area (TPSA) is 47.8 Å². The number of nitrogens with zero attached hydrogens (tertiary/aromatic N) is 3. The largest absolute Gasteiger partial charge is 0.305 e. The van der Waals surface area contributed by atoms with Crippen molar-refractivity contribution in [2.75, 3.05) is 0 Å². The van der Waals surface area contributed by atoms with E-state index in [1.165, 1.54) is 17.3 Å². The molecule has 4 nitrogen and oxygen atoms in total. The van der Waals surface area contributed by atoms with Crippen molar-refractivity contribution in [2.45, 2.75) is 43.5 Å². The maximum absolute atomic E-state index is 12.7. The average molecular weight is 414 g/mol. The third kappa shape index (κ3) is 4.47. The van der Waals surface area contributed by atoms with Crippen molar-refractivity contribution in [1.29, 1.82) is 0 Å². The molecule has 2 aromatic carbocycles. The minimum atomic E-state index is -0.278. The van der Waals surface area contributed by atoms with Crippen LogP contribution >= 0.6 is 23.4 Å². The van der Waals surface area contributed by atoms with Crippen LogP contribution in [0.5, 0.6) is 0 Å². The van der Waals surface area contributed by atoms with E-state index >= 15 is 0 Å². The van der Waals surface area contributed by atoms with Crippen LogP contribution in [0.4, 0.5) is 0 Å². The molecule has 0 saturated carbocycles. The first-order valence-electron chi connectivity index (χ1n) is 9.13. The van der Waals surface area contributed by atoms with Gasteiger partial charge in [0.15, 0.2) is 16.8 Å². The molecular formula is C22H24ClN3OS. The van der Waals surface area contributed by atoms with E-state index in [9.17, 15) is 4.79 Å². The molecule has 0 amide bonds. The van der Waals surface area contributed by atoms with E-state index in [0.29, 0.717) is 15.7 Å². The molecule has 146 valence electrons. The Morgan fingerprint density at radius 3 is 2.21 bits per heavy atom. The molecule has 0 saturated heterocycles. The SMILES string of the molecule is C[C@@H](Sc1nnc(-c2ccc(C(C)(C)C)cc2)n1C)C(=O)c1ccc(Cl)cc1.